The van der Waals surface area contributed by atoms with Crippen molar-refractivity contribution in [2.75, 3.05) is 27.4 Å². The van der Waals surface area contributed by atoms with Gasteiger partial charge in [-0.3, -0.25) is 4.79 Å². The minimum Gasteiger partial charge on any atom is -0.490 e. The van der Waals surface area contributed by atoms with E-state index in [1.165, 1.54) is 14.2 Å². The number of nitrogens with one attached hydrogen (secondary N) is 1. The molecule has 0 atom stereocenters. The lowest BCUT2D eigenvalue weighted by atomic mass is 9.85. The van der Waals surface area contributed by atoms with E-state index in [1.807, 2.05) is 0 Å². The molecule has 156 valence electrons. The summed E-state index contributed by atoms with van der Waals surface area (Å²) < 4.78 is 20.3. The van der Waals surface area contributed by atoms with Crippen LogP contribution < -0.4 is 10.1 Å². The molecule has 0 aliphatic carbocycles. The summed E-state index contributed by atoms with van der Waals surface area (Å²) in [5, 5.41) is 3.42. The van der Waals surface area contributed by atoms with Gasteiger partial charge in [-0.1, -0.05) is 17.7 Å². The SMILES string of the molecule is COC(=O)C1=C(C)NC(C)=C(C(=O)OC)C1C(=O)OCCOc1cccc(Cl)c1. The van der Waals surface area contributed by atoms with Gasteiger partial charge in [0.25, 0.3) is 0 Å². The Kier molecular flexibility index (Phi) is 7.67. The van der Waals surface area contributed by atoms with Crippen molar-refractivity contribution in [2.45, 2.75) is 13.8 Å². The lowest BCUT2D eigenvalue weighted by molar-refractivity contribution is -0.151. The van der Waals surface area contributed by atoms with Gasteiger partial charge in [-0.25, -0.2) is 9.59 Å². The molecule has 0 fully saturated rings. The highest BCUT2D eigenvalue weighted by molar-refractivity contribution is 6.30. The molecule has 1 aromatic carbocycles. The summed E-state index contributed by atoms with van der Waals surface area (Å²) in [6.45, 7) is 3.17. The fourth-order valence-corrected chi connectivity index (χ4v) is 3.11. The highest BCUT2D eigenvalue weighted by Gasteiger charge is 2.42. The predicted octanol–water partition coefficient (Wildman–Crippen LogP) is 2.38. The molecule has 1 aliphatic rings. The molecule has 2 rings (SSSR count). The van der Waals surface area contributed by atoms with Crippen LogP contribution in [0.3, 0.4) is 0 Å². The van der Waals surface area contributed by atoms with E-state index in [0.717, 1.165) is 0 Å². The Labute approximate surface area is 173 Å². The highest BCUT2D eigenvalue weighted by atomic mass is 35.5. The maximum absolute atomic E-state index is 12.8. The number of hydrogen-bond donors (Lipinski definition) is 1. The third-order valence-electron chi connectivity index (χ3n) is 4.20. The number of halogens is 1. The Morgan fingerprint density at radius 1 is 1.00 bits per heavy atom. The van der Waals surface area contributed by atoms with Crippen LogP contribution in [0.15, 0.2) is 46.8 Å². The van der Waals surface area contributed by atoms with Gasteiger partial charge in [0.15, 0.2) is 0 Å². The monoisotopic (exact) mass is 423 g/mol. The average molecular weight is 424 g/mol. The smallest absolute Gasteiger partial charge is 0.336 e. The third kappa shape index (κ3) is 5.29. The van der Waals surface area contributed by atoms with Crippen LogP contribution in [-0.2, 0) is 28.6 Å². The maximum Gasteiger partial charge on any atom is 0.336 e. The van der Waals surface area contributed by atoms with Gasteiger partial charge in [0.1, 0.15) is 24.9 Å². The normalized spacial score (nSPS) is 14.2. The second-order valence-corrected chi connectivity index (χ2v) is 6.53. The first-order chi connectivity index (χ1) is 13.8. The molecular weight excluding hydrogens is 402 g/mol. The molecule has 1 N–H and O–H groups in total. The van der Waals surface area contributed by atoms with Crippen molar-refractivity contribution in [1.82, 2.24) is 5.32 Å². The summed E-state index contributed by atoms with van der Waals surface area (Å²) in [6.07, 6.45) is 0. The van der Waals surface area contributed by atoms with E-state index in [9.17, 15) is 14.4 Å². The fraction of sp³-hybridized carbons (Fsp3) is 0.350. The van der Waals surface area contributed by atoms with Gasteiger partial charge >= 0.3 is 17.9 Å². The number of benzene rings is 1. The summed E-state index contributed by atoms with van der Waals surface area (Å²) in [6, 6.07) is 6.77. The molecule has 1 aromatic rings. The summed E-state index contributed by atoms with van der Waals surface area (Å²) in [5.74, 6) is -3.04. The molecule has 0 radical (unpaired) electrons. The molecule has 8 nitrogen and oxygen atoms in total. The number of rotatable bonds is 7. The van der Waals surface area contributed by atoms with Gasteiger partial charge in [-0.2, -0.15) is 0 Å². The standard InChI is InChI=1S/C20H22ClNO7/c1-11-15(18(23)26-3)17(16(12(2)22-11)19(24)27-4)20(25)29-9-8-28-14-7-5-6-13(21)10-14/h5-7,10,17,22H,8-9H2,1-4H3. The van der Waals surface area contributed by atoms with Crippen molar-refractivity contribution in [2.24, 2.45) is 5.92 Å². The molecule has 1 aliphatic heterocycles. The van der Waals surface area contributed by atoms with Crippen LogP contribution in [0.2, 0.25) is 5.02 Å². The number of methoxy groups -OCH3 is 2. The summed E-state index contributed by atoms with van der Waals surface area (Å²) in [5.41, 5.74) is 0.747. The Bertz CT molecular complexity index is 837. The third-order valence-corrected chi connectivity index (χ3v) is 4.43. The zero-order valence-corrected chi connectivity index (χ0v) is 17.3. The second kappa shape index (κ2) is 9.97. The van der Waals surface area contributed by atoms with Crippen molar-refractivity contribution in [3.05, 3.63) is 51.8 Å². The first kappa shape index (κ1) is 22.3. The first-order valence-corrected chi connectivity index (χ1v) is 9.08. The maximum atomic E-state index is 12.8. The van der Waals surface area contributed by atoms with E-state index in [2.05, 4.69) is 5.32 Å². The number of carbonyl (C=O) groups excluding carboxylic acids is 3. The number of ether oxygens (including phenoxy) is 4. The lowest BCUT2D eigenvalue weighted by Gasteiger charge is -2.28. The molecule has 0 bridgehead atoms. The largest absolute Gasteiger partial charge is 0.490 e. The lowest BCUT2D eigenvalue weighted by Crippen LogP contribution is -2.38. The van der Waals surface area contributed by atoms with Crippen molar-refractivity contribution >= 4 is 29.5 Å². The quantitative estimate of drug-likeness (QED) is 0.405. The van der Waals surface area contributed by atoms with Gasteiger partial charge in [-0.05, 0) is 32.0 Å². The number of hydrogen-bond acceptors (Lipinski definition) is 8. The Morgan fingerprint density at radius 3 is 2.10 bits per heavy atom. The first-order valence-electron chi connectivity index (χ1n) is 8.70. The predicted molar refractivity (Wildman–Crippen MR) is 104 cm³/mol. The summed E-state index contributed by atoms with van der Waals surface area (Å²) >= 11 is 5.89. The molecule has 1 heterocycles. The highest BCUT2D eigenvalue weighted by Crippen LogP contribution is 2.32. The number of dihydropyridines is 1. The Hall–Kier alpha value is -3.00. The van der Waals surface area contributed by atoms with E-state index in [1.54, 1.807) is 38.1 Å². The average Bonchev–Trinajstić information content (AvgIpc) is 2.69. The van der Waals surface area contributed by atoms with E-state index in [0.29, 0.717) is 22.2 Å². The zero-order chi connectivity index (χ0) is 21.6. The summed E-state index contributed by atoms with van der Waals surface area (Å²) in [4.78, 5) is 37.3. The van der Waals surface area contributed by atoms with Crippen LogP contribution in [0.1, 0.15) is 13.8 Å². The molecule has 0 saturated heterocycles. The van der Waals surface area contributed by atoms with Crippen molar-refractivity contribution in [3.8, 4) is 5.75 Å². The number of carbonyl (C=O) groups is 3. The molecule has 0 amide bonds. The molecule has 0 spiro atoms. The van der Waals surface area contributed by atoms with Gasteiger partial charge < -0.3 is 24.3 Å². The van der Waals surface area contributed by atoms with Gasteiger partial charge in [0.2, 0.25) is 0 Å². The topological polar surface area (TPSA) is 100 Å². The van der Waals surface area contributed by atoms with Gasteiger partial charge in [0, 0.05) is 16.4 Å². The van der Waals surface area contributed by atoms with Crippen LogP contribution in [0.4, 0.5) is 0 Å². The van der Waals surface area contributed by atoms with Crippen LogP contribution in [-0.4, -0.2) is 45.3 Å². The second-order valence-electron chi connectivity index (χ2n) is 6.09. The molecule has 0 saturated carbocycles. The number of esters is 3. The van der Waals surface area contributed by atoms with Gasteiger partial charge in [-0.15, -0.1) is 0 Å². The van der Waals surface area contributed by atoms with Crippen LogP contribution >= 0.6 is 11.6 Å². The molecule has 29 heavy (non-hydrogen) atoms. The van der Waals surface area contributed by atoms with Gasteiger partial charge in [0.05, 0.1) is 25.4 Å². The van der Waals surface area contributed by atoms with E-state index in [-0.39, 0.29) is 24.4 Å². The minimum atomic E-state index is -1.28. The molecule has 0 aromatic heterocycles. The fourth-order valence-electron chi connectivity index (χ4n) is 2.93. The van der Waals surface area contributed by atoms with E-state index < -0.39 is 23.8 Å². The van der Waals surface area contributed by atoms with Crippen LogP contribution in [0.5, 0.6) is 5.75 Å². The van der Waals surface area contributed by atoms with Crippen molar-refractivity contribution < 1.29 is 33.3 Å². The van der Waals surface area contributed by atoms with Crippen LogP contribution in [0.25, 0.3) is 0 Å². The van der Waals surface area contributed by atoms with Crippen LogP contribution in [0, 0.1) is 5.92 Å². The molecule has 9 heteroatoms. The summed E-state index contributed by atoms with van der Waals surface area (Å²) in [7, 11) is 2.37. The molecule has 0 unspecified atom stereocenters. The zero-order valence-electron chi connectivity index (χ0n) is 16.5. The minimum absolute atomic E-state index is 0.0146. The van der Waals surface area contributed by atoms with E-state index in [4.69, 9.17) is 30.5 Å². The van der Waals surface area contributed by atoms with Crippen molar-refractivity contribution in [1.29, 1.82) is 0 Å². The van der Waals surface area contributed by atoms with Crippen molar-refractivity contribution in [3.63, 3.8) is 0 Å². The number of allylic oxidation sites excluding steroid dienone is 2. The molecular formula is C20H22ClNO7. The Balaban J connectivity index is 2.16. The van der Waals surface area contributed by atoms with E-state index >= 15 is 0 Å². The Morgan fingerprint density at radius 2 is 1.59 bits per heavy atom.